The summed E-state index contributed by atoms with van der Waals surface area (Å²) in [5.41, 5.74) is 1.15. The quantitative estimate of drug-likeness (QED) is 0.511. The predicted octanol–water partition coefficient (Wildman–Crippen LogP) is 3.71. The monoisotopic (exact) mass is 376 g/mol. The van der Waals surface area contributed by atoms with E-state index in [4.69, 9.17) is 14.2 Å². The van der Waals surface area contributed by atoms with E-state index in [9.17, 15) is 9.59 Å². The largest absolute Gasteiger partial charge is 0.493 e. The van der Waals surface area contributed by atoms with Gasteiger partial charge in [0.1, 0.15) is 19.2 Å². The topological polar surface area (TPSA) is 61.8 Å². The fraction of sp³-hybridized carbons (Fsp3) is 0.636. The second-order valence-corrected chi connectivity index (χ2v) is 8.06. The molecule has 0 radical (unpaired) electrons. The number of hydrogen-bond donors (Lipinski definition) is 0. The molecule has 0 aromatic heterocycles. The van der Waals surface area contributed by atoms with Crippen molar-refractivity contribution in [3.63, 3.8) is 0 Å². The molecule has 4 atom stereocenters. The zero-order valence-electron chi connectivity index (χ0n) is 17.3. The van der Waals surface area contributed by atoms with Crippen molar-refractivity contribution in [3.05, 3.63) is 39.5 Å². The van der Waals surface area contributed by atoms with Crippen LogP contribution in [0.2, 0.25) is 0 Å². The van der Waals surface area contributed by atoms with Gasteiger partial charge in [0.25, 0.3) is 0 Å². The van der Waals surface area contributed by atoms with E-state index in [2.05, 4.69) is 20.8 Å². The molecule has 1 aliphatic rings. The first-order valence-corrected chi connectivity index (χ1v) is 9.55. The molecular formula is C22H32O5. The summed E-state index contributed by atoms with van der Waals surface area (Å²) in [6, 6.07) is 5.57. The molecule has 0 spiro atoms. The van der Waals surface area contributed by atoms with Crippen LogP contribution in [0, 0.1) is 24.2 Å². The Balaban J connectivity index is 2.63. The van der Waals surface area contributed by atoms with Gasteiger partial charge in [-0.05, 0) is 49.1 Å². The third kappa shape index (κ3) is 4.09. The molecule has 0 heterocycles. The van der Waals surface area contributed by atoms with E-state index in [-0.39, 0.29) is 18.1 Å². The van der Waals surface area contributed by atoms with Gasteiger partial charge < -0.3 is 19.0 Å². The Hall–Kier alpha value is -1.72. The minimum absolute atomic E-state index is 0.0364. The molecular weight excluding hydrogens is 344 g/mol. The number of rotatable bonds is 8. The lowest BCUT2D eigenvalue weighted by Gasteiger charge is -2.39. The van der Waals surface area contributed by atoms with Gasteiger partial charge in [0.15, 0.2) is 5.75 Å². The van der Waals surface area contributed by atoms with Crippen molar-refractivity contribution < 1.29 is 19.0 Å². The van der Waals surface area contributed by atoms with Crippen molar-refractivity contribution in [1.82, 2.24) is 0 Å². The van der Waals surface area contributed by atoms with Crippen LogP contribution in [0.4, 0.5) is 0 Å². The van der Waals surface area contributed by atoms with Gasteiger partial charge in [-0.2, -0.15) is 0 Å². The van der Waals surface area contributed by atoms with Gasteiger partial charge >= 0.3 is 0 Å². The van der Waals surface area contributed by atoms with Crippen LogP contribution in [0.1, 0.15) is 50.7 Å². The summed E-state index contributed by atoms with van der Waals surface area (Å²) in [5, 5.41) is 0. The normalized spacial score (nSPS) is 26.2. The van der Waals surface area contributed by atoms with E-state index in [0.29, 0.717) is 23.1 Å². The summed E-state index contributed by atoms with van der Waals surface area (Å²) in [4.78, 5) is 24.7. The molecule has 0 bridgehead atoms. The van der Waals surface area contributed by atoms with Gasteiger partial charge in [0, 0.05) is 18.1 Å². The standard InChI is InChI=1S/C22H32O5/c1-14(2)16-10-11-22(4,19(12-23)27-13-25-5)20(16)17-8-7-9-18(26-6)21(24)15(17)3/h7-9,12,14,16,19-20H,10-11,13H2,1-6H3/t16-,19+,20-,22+/m1/s1. The second-order valence-electron chi connectivity index (χ2n) is 8.06. The zero-order chi connectivity index (χ0) is 20.2. The Morgan fingerprint density at radius 3 is 2.56 bits per heavy atom. The lowest BCUT2D eigenvalue weighted by atomic mass is 9.67. The van der Waals surface area contributed by atoms with Crippen LogP contribution in [0.25, 0.3) is 0 Å². The molecule has 150 valence electrons. The molecule has 5 heteroatoms. The number of methoxy groups -OCH3 is 2. The molecule has 5 nitrogen and oxygen atoms in total. The lowest BCUT2D eigenvalue weighted by Crippen LogP contribution is -2.40. The maximum Gasteiger partial charge on any atom is 0.223 e. The summed E-state index contributed by atoms with van der Waals surface area (Å²) in [5.74, 6) is 1.15. The first kappa shape index (κ1) is 21.6. The van der Waals surface area contributed by atoms with E-state index >= 15 is 0 Å². The van der Waals surface area contributed by atoms with E-state index in [1.807, 2.05) is 19.1 Å². The highest BCUT2D eigenvalue weighted by Crippen LogP contribution is 2.57. The van der Waals surface area contributed by atoms with Crippen LogP contribution in [0.3, 0.4) is 0 Å². The van der Waals surface area contributed by atoms with Gasteiger partial charge in [0.2, 0.25) is 5.43 Å². The molecule has 0 saturated heterocycles. The van der Waals surface area contributed by atoms with Crippen LogP contribution in [-0.4, -0.2) is 33.4 Å². The molecule has 1 fully saturated rings. The highest BCUT2D eigenvalue weighted by atomic mass is 16.7. The lowest BCUT2D eigenvalue weighted by molar-refractivity contribution is -0.144. The van der Waals surface area contributed by atoms with Crippen molar-refractivity contribution >= 4 is 6.29 Å². The summed E-state index contributed by atoms with van der Waals surface area (Å²) in [6.07, 6.45) is 2.14. The average Bonchev–Trinajstić information content (AvgIpc) is 2.93. The highest BCUT2D eigenvalue weighted by Gasteiger charge is 2.52. The maximum absolute atomic E-state index is 12.8. The van der Waals surface area contributed by atoms with Gasteiger partial charge in [-0.15, -0.1) is 0 Å². The number of ether oxygens (including phenoxy) is 3. The van der Waals surface area contributed by atoms with Gasteiger partial charge in [-0.25, -0.2) is 0 Å². The minimum Gasteiger partial charge on any atom is -0.493 e. The maximum atomic E-state index is 12.8. The highest BCUT2D eigenvalue weighted by molar-refractivity contribution is 5.59. The fourth-order valence-electron chi connectivity index (χ4n) is 4.69. The van der Waals surface area contributed by atoms with E-state index < -0.39 is 11.5 Å². The zero-order valence-corrected chi connectivity index (χ0v) is 17.3. The van der Waals surface area contributed by atoms with Crippen molar-refractivity contribution in [2.24, 2.45) is 17.3 Å². The Labute approximate surface area is 162 Å². The molecule has 1 aromatic rings. The third-order valence-corrected chi connectivity index (χ3v) is 6.23. The van der Waals surface area contributed by atoms with E-state index in [1.165, 1.54) is 7.11 Å². The summed E-state index contributed by atoms with van der Waals surface area (Å²) in [6.45, 7) is 8.42. The van der Waals surface area contributed by atoms with Crippen LogP contribution in [0.5, 0.6) is 5.75 Å². The van der Waals surface area contributed by atoms with Crippen molar-refractivity contribution in [2.45, 2.75) is 52.6 Å². The molecule has 0 N–H and O–H groups in total. The van der Waals surface area contributed by atoms with Crippen LogP contribution < -0.4 is 10.2 Å². The summed E-state index contributed by atoms with van der Waals surface area (Å²) < 4.78 is 16.0. The molecule has 0 amide bonds. The Morgan fingerprint density at radius 2 is 2.00 bits per heavy atom. The summed E-state index contributed by atoms with van der Waals surface area (Å²) >= 11 is 0. The van der Waals surface area contributed by atoms with Gasteiger partial charge in [0.05, 0.1) is 7.11 Å². The SMILES string of the molecule is COCO[C@@H](C=O)[C@]1(C)CC[C@H](C(C)C)[C@@H]1c1cccc(OC)c(=O)c1C. The van der Waals surface area contributed by atoms with Gasteiger partial charge in [-0.1, -0.05) is 32.9 Å². The molecule has 1 aliphatic carbocycles. The number of carbonyl (C=O) groups excluding carboxylic acids is 1. The van der Waals surface area contributed by atoms with E-state index in [1.54, 1.807) is 13.2 Å². The fourth-order valence-corrected chi connectivity index (χ4v) is 4.69. The molecule has 2 rings (SSSR count). The molecule has 1 aromatic carbocycles. The first-order valence-electron chi connectivity index (χ1n) is 9.55. The van der Waals surface area contributed by atoms with E-state index in [0.717, 1.165) is 24.7 Å². The van der Waals surface area contributed by atoms with Crippen LogP contribution in [0.15, 0.2) is 23.0 Å². The Bertz CT molecular complexity index is 714. The molecule has 0 unspecified atom stereocenters. The predicted molar refractivity (Wildman–Crippen MR) is 105 cm³/mol. The van der Waals surface area contributed by atoms with Crippen molar-refractivity contribution in [3.8, 4) is 5.75 Å². The van der Waals surface area contributed by atoms with Crippen molar-refractivity contribution in [2.75, 3.05) is 21.0 Å². The average molecular weight is 376 g/mol. The number of hydrogen-bond acceptors (Lipinski definition) is 5. The van der Waals surface area contributed by atoms with Gasteiger partial charge in [-0.3, -0.25) is 4.79 Å². The Kier molecular flexibility index (Phi) is 7.18. The molecule has 0 aliphatic heterocycles. The Morgan fingerprint density at radius 1 is 1.30 bits per heavy atom. The smallest absolute Gasteiger partial charge is 0.223 e. The molecule has 27 heavy (non-hydrogen) atoms. The summed E-state index contributed by atoms with van der Waals surface area (Å²) in [7, 11) is 3.05. The number of carbonyl (C=O) groups is 1. The number of aldehydes is 1. The third-order valence-electron chi connectivity index (χ3n) is 6.23. The van der Waals surface area contributed by atoms with Crippen LogP contribution >= 0.6 is 0 Å². The van der Waals surface area contributed by atoms with Crippen molar-refractivity contribution in [1.29, 1.82) is 0 Å². The van der Waals surface area contributed by atoms with Crippen LogP contribution in [-0.2, 0) is 14.3 Å². The first-order chi connectivity index (χ1) is 12.8. The second kappa shape index (κ2) is 8.98. The minimum atomic E-state index is -0.590. The molecule has 1 saturated carbocycles.